The van der Waals surface area contributed by atoms with Crippen LogP contribution in [0.2, 0.25) is 0 Å². The first-order valence-corrected chi connectivity index (χ1v) is 9.74. The van der Waals surface area contributed by atoms with Crippen molar-refractivity contribution in [2.24, 2.45) is 0 Å². The zero-order valence-electron chi connectivity index (χ0n) is 16.3. The van der Waals surface area contributed by atoms with E-state index < -0.39 is 0 Å². The molecule has 1 fully saturated rings. The number of hydrogen-bond acceptors (Lipinski definition) is 4. The molecule has 1 aliphatic heterocycles. The average Bonchev–Trinajstić information content (AvgIpc) is 3.08. The molecule has 3 aromatic carbocycles. The first-order valence-electron chi connectivity index (χ1n) is 9.74. The average molecular weight is 399 g/mol. The molecule has 0 aromatic heterocycles. The van der Waals surface area contributed by atoms with Gasteiger partial charge in [-0.1, -0.05) is 30.3 Å². The minimum Gasteiger partial charge on any atom is -0.356 e. The van der Waals surface area contributed by atoms with Crippen LogP contribution in [-0.2, 0) is 16.1 Å². The van der Waals surface area contributed by atoms with E-state index in [2.05, 4.69) is 10.6 Å². The summed E-state index contributed by atoms with van der Waals surface area (Å²) >= 11 is 0. The summed E-state index contributed by atoms with van der Waals surface area (Å²) in [5.74, 6) is -0.516. The molecule has 1 saturated heterocycles. The van der Waals surface area contributed by atoms with Gasteiger partial charge in [-0.2, -0.15) is 0 Å². The number of rotatable bonds is 6. The highest BCUT2D eigenvalue weighted by Crippen LogP contribution is 2.20. The van der Waals surface area contributed by atoms with Crippen LogP contribution in [0.25, 0.3) is 0 Å². The SMILES string of the molecule is O=C(Nc1ccc(Nc2ccccc2)cc1)c1ccc(CN2C(=O)CCC2=O)cc1. The molecule has 0 saturated carbocycles. The van der Waals surface area contributed by atoms with E-state index in [1.165, 1.54) is 4.90 Å². The van der Waals surface area contributed by atoms with Crippen molar-refractivity contribution in [3.8, 4) is 0 Å². The first-order chi connectivity index (χ1) is 14.6. The molecule has 4 rings (SSSR count). The fourth-order valence-corrected chi connectivity index (χ4v) is 3.27. The second kappa shape index (κ2) is 8.61. The molecule has 1 aliphatic rings. The lowest BCUT2D eigenvalue weighted by Gasteiger charge is -2.14. The van der Waals surface area contributed by atoms with Crippen molar-refractivity contribution in [2.45, 2.75) is 19.4 Å². The van der Waals surface area contributed by atoms with E-state index in [0.717, 1.165) is 16.9 Å². The van der Waals surface area contributed by atoms with Crippen molar-refractivity contribution in [1.29, 1.82) is 0 Å². The summed E-state index contributed by atoms with van der Waals surface area (Å²) in [5.41, 5.74) is 3.92. The van der Waals surface area contributed by atoms with E-state index in [-0.39, 0.29) is 37.1 Å². The molecule has 150 valence electrons. The van der Waals surface area contributed by atoms with Crippen LogP contribution in [-0.4, -0.2) is 22.6 Å². The third-order valence-corrected chi connectivity index (χ3v) is 4.92. The summed E-state index contributed by atoms with van der Waals surface area (Å²) in [6, 6.07) is 24.2. The number of para-hydroxylation sites is 1. The normalized spacial score (nSPS) is 13.4. The highest BCUT2D eigenvalue weighted by Gasteiger charge is 2.28. The zero-order chi connectivity index (χ0) is 20.9. The van der Waals surface area contributed by atoms with E-state index in [1.54, 1.807) is 24.3 Å². The van der Waals surface area contributed by atoms with Crippen LogP contribution in [0.4, 0.5) is 17.1 Å². The van der Waals surface area contributed by atoms with Gasteiger partial charge >= 0.3 is 0 Å². The molecule has 6 heteroatoms. The van der Waals surface area contributed by atoms with Crippen molar-refractivity contribution >= 4 is 34.8 Å². The van der Waals surface area contributed by atoms with Gasteiger partial charge < -0.3 is 10.6 Å². The number of imide groups is 1. The Kier molecular flexibility index (Phi) is 5.57. The van der Waals surface area contributed by atoms with E-state index in [9.17, 15) is 14.4 Å². The topological polar surface area (TPSA) is 78.5 Å². The van der Waals surface area contributed by atoms with Gasteiger partial charge in [-0.25, -0.2) is 0 Å². The van der Waals surface area contributed by atoms with Gasteiger partial charge in [-0.3, -0.25) is 19.3 Å². The Balaban J connectivity index is 1.35. The molecule has 3 aromatic rings. The maximum absolute atomic E-state index is 12.5. The predicted molar refractivity (Wildman–Crippen MR) is 115 cm³/mol. The van der Waals surface area contributed by atoms with Crippen LogP contribution >= 0.6 is 0 Å². The van der Waals surface area contributed by atoms with Crippen molar-refractivity contribution < 1.29 is 14.4 Å². The molecular formula is C24H21N3O3. The second-order valence-electron chi connectivity index (χ2n) is 7.09. The molecule has 1 heterocycles. The van der Waals surface area contributed by atoms with E-state index in [1.807, 2.05) is 54.6 Å². The minimum absolute atomic E-state index is 0.146. The summed E-state index contributed by atoms with van der Waals surface area (Å²) < 4.78 is 0. The lowest BCUT2D eigenvalue weighted by Crippen LogP contribution is -2.28. The van der Waals surface area contributed by atoms with Gasteiger partial charge in [0, 0.05) is 35.5 Å². The second-order valence-corrected chi connectivity index (χ2v) is 7.09. The Morgan fingerprint density at radius 3 is 1.93 bits per heavy atom. The van der Waals surface area contributed by atoms with Gasteiger partial charge in [0.1, 0.15) is 0 Å². The van der Waals surface area contributed by atoms with Crippen molar-refractivity contribution in [1.82, 2.24) is 4.90 Å². The summed E-state index contributed by atoms with van der Waals surface area (Å²) in [5, 5.41) is 6.16. The molecule has 0 radical (unpaired) electrons. The Labute approximate surface area is 174 Å². The molecule has 3 amide bonds. The lowest BCUT2D eigenvalue weighted by atomic mass is 10.1. The Morgan fingerprint density at radius 2 is 1.30 bits per heavy atom. The molecule has 0 spiro atoms. The number of carbonyl (C=O) groups is 3. The number of likely N-dealkylation sites (tertiary alicyclic amines) is 1. The highest BCUT2D eigenvalue weighted by atomic mass is 16.2. The summed E-state index contributed by atoms with van der Waals surface area (Å²) in [4.78, 5) is 37.2. The van der Waals surface area contributed by atoms with Crippen LogP contribution in [0, 0.1) is 0 Å². The van der Waals surface area contributed by atoms with Crippen LogP contribution < -0.4 is 10.6 Å². The highest BCUT2D eigenvalue weighted by molar-refractivity contribution is 6.04. The minimum atomic E-state index is -0.223. The number of nitrogens with zero attached hydrogens (tertiary/aromatic N) is 1. The number of hydrogen-bond donors (Lipinski definition) is 2. The number of nitrogens with one attached hydrogen (secondary N) is 2. The summed E-state index contributed by atoms with van der Waals surface area (Å²) in [7, 11) is 0. The fourth-order valence-electron chi connectivity index (χ4n) is 3.27. The fraction of sp³-hybridized carbons (Fsp3) is 0.125. The summed E-state index contributed by atoms with van der Waals surface area (Å²) in [6.45, 7) is 0.245. The Bertz CT molecular complexity index is 1050. The van der Waals surface area contributed by atoms with Crippen molar-refractivity contribution in [3.63, 3.8) is 0 Å². The van der Waals surface area contributed by atoms with E-state index in [0.29, 0.717) is 11.3 Å². The standard InChI is InChI=1S/C24H21N3O3/c28-22-14-15-23(29)27(22)16-17-6-8-18(9-7-17)24(30)26-21-12-10-20(11-13-21)25-19-4-2-1-3-5-19/h1-13,25H,14-16H2,(H,26,30). The largest absolute Gasteiger partial charge is 0.356 e. The van der Waals surface area contributed by atoms with Gasteiger partial charge in [0.2, 0.25) is 11.8 Å². The number of carbonyl (C=O) groups excluding carboxylic acids is 3. The number of anilines is 3. The molecule has 0 bridgehead atoms. The van der Waals surface area contributed by atoms with Crippen molar-refractivity contribution in [2.75, 3.05) is 10.6 Å². The Morgan fingerprint density at radius 1 is 0.733 bits per heavy atom. The van der Waals surface area contributed by atoms with Gasteiger partial charge in [0.25, 0.3) is 5.91 Å². The zero-order valence-corrected chi connectivity index (χ0v) is 16.3. The van der Waals surface area contributed by atoms with Gasteiger partial charge in [0.05, 0.1) is 6.54 Å². The Hall–Kier alpha value is -3.93. The molecule has 2 N–H and O–H groups in total. The van der Waals surface area contributed by atoms with E-state index >= 15 is 0 Å². The van der Waals surface area contributed by atoms with Crippen LogP contribution in [0.15, 0.2) is 78.9 Å². The number of amides is 3. The smallest absolute Gasteiger partial charge is 0.255 e. The molecule has 0 aliphatic carbocycles. The molecule has 6 nitrogen and oxygen atoms in total. The maximum atomic E-state index is 12.5. The third-order valence-electron chi connectivity index (χ3n) is 4.92. The maximum Gasteiger partial charge on any atom is 0.255 e. The monoisotopic (exact) mass is 399 g/mol. The first kappa shape index (κ1) is 19.4. The van der Waals surface area contributed by atoms with Crippen LogP contribution in [0.5, 0.6) is 0 Å². The molecule has 0 atom stereocenters. The lowest BCUT2D eigenvalue weighted by molar-refractivity contribution is -0.139. The third kappa shape index (κ3) is 4.55. The quantitative estimate of drug-likeness (QED) is 0.605. The van der Waals surface area contributed by atoms with Crippen LogP contribution in [0.3, 0.4) is 0 Å². The van der Waals surface area contributed by atoms with Gasteiger partial charge in [-0.15, -0.1) is 0 Å². The predicted octanol–water partition coefficient (Wildman–Crippen LogP) is 4.33. The van der Waals surface area contributed by atoms with Crippen molar-refractivity contribution in [3.05, 3.63) is 90.0 Å². The molecule has 30 heavy (non-hydrogen) atoms. The summed E-state index contributed by atoms with van der Waals surface area (Å²) in [6.07, 6.45) is 0.554. The molecular weight excluding hydrogens is 378 g/mol. The van der Waals surface area contributed by atoms with Crippen LogP contribution in [0.1, 0.15) is 28.8 Å². The number of benzene rings is 3. The van der Waals surface area contributed by atoms with E-state index in [4.69, 9.17) is 0 Å². The molecule has 0 unspecified atom stereocenters. The van der Waals surface area contributed by atoms with Gasteiger partial charge in [-0.05, 0) is 54.1 Å². The van der Waals surface area contributed by atoms with Gasteiger partial charge in [0.15, 0.2) is 0 Å².